The molecule has 0 spiro atoms. The molecule has 2 aliphatic heterocycles. The number of nitrogens with zero attached hydrogens (tertiary/aromatic N) is 1. The molecule has 2 fully saturated rings. The van der Waals surface area contributed by atoms with E-state index in [1.165, 1.54) is 0 Å². The number of hydrogen-bond acceptors (Lipinski definition) is 3. The minimum Gasteiger partial charge on any atom is -0.391 e. The Balaban J connectivity index is 1.88. The predicted octanol–water partition coefficient (Wildman–Crippen LogP) is -0.894. The van der Waals surface area contributed by atoms with Crippen LogP contribution in [0.1, 0.15) is 19.3 Å². The van der Waals surface area contributed by atoms with Crippen LogP contribution in [0.2, 0.25) is 0 Å². The Kier molecular flexibility index (Phi) is 2.90. The van der Waals surface area contributed by atoms with Gasteiger partial charge >= 0.3 is 0 Å². The average Bonchev–Trinajstić information content (AvgIpc) is 2.65. The van der Waals surface area contributed by atoms with Crippen molar-refractivity contribution >= 4 is 11.8 Å². The minimum absolute atomic E-state index is 0.0282. The maximum Gasteiger partial charge on any atom is 0.227 e. The van der Waals surface area contributed by atoms with Crippen molar-refractivity contribution in [2.75, 3.05) is 19.6 Å². The largest absolute Gasteiger partial charge is 0.391 e. The second-order valence-electron chi connectivity index (χ2n) is 4.27. The van der Waals surface area contributed by atoms with E-state index in [1.54, 1.807) is 4.90 Å². The molecule has 0 aliphatic carbocycles. The molecule has 0 saturated carbocycles. The third-order valence-electron chi connectivity index (χ3n) is 3.09. The average molecular weight is 212 g/mol. The van der Waals surface area contributed by atoms with E-state index in [9.17, 15) is 14.7 Å². The number of carbonyl (C=O) groups excluding carboxylic acids is 2. The Morgan fingerprint density at radius 1 is 1.47 bits per heavy atom. The number of aliphatic hydroxyl groups is 1. The van der Waals surface area contributed by atoms with Crippen LogP contribution in [-0.2, 0) is 9.59 Å². The van der Waals surface area contributed by atoms with Crippen LogP contribution in [-0.4, -0.2) is 47.6 Å². The van der Waals surface area contributed by atoms with Crippen LogP contribution < -0.4 is 5.32 Å². The molecule has 84 valence electrons. The highest BCUT2D eigenvalue weighted by Crippen LogP contribution is 2.17. The summed E-state index contributed by atoms with van der Waals surface area (Å²) >= 11 is 0. The summed E-state index contributed by atoms with van der Waals surface area (Å²) < 4.78 is 0. The van der Waals surface area contributed by atoms with E-state index >= 15 is 0 Å². The highest BCUT2D eigenvalue weighted by Gasteiger charge is 2.31. The number of aliphatic hydroxyl groups excluding tert-OH is 1. The van der Waals surface area contributed by atoms with Crippen molar-refractivity contribution < 1.29 is 14.7 Å². The maximum absolute atomic E-state index is 11.9. The van der Waals surface area contributed by atoms with E-state index in [-0.39, 0.29) is 23.8 Å². The molecule has 2 atom stereocenters. The summed E-state index contributed by atoms with van der Waals surface area (Å²) in [6, 6.07) is 0. The van der Waals surface area contributed by atoms with E-state index in [0.29, 0.717) is 38.9 Å². The third kappa shape index (κ3) is 2.28. The van der Waals surface area contributed by atoms with Crippen LogP contribution in [0.25, 0.3) is 0 Å². The molecule has 0 radical (unpaired) electrons. The van der Waals surface area contributed by atoms with Crippen LogP contribution >= 0.6 is 0 Å². The van der Waals surface area contributed by atoms with Crippen LogP contribution in [0.3, 0.4) is 0 Å². The third-order valence-corrected chi connectivity index (χ3v) is 3.09. The number of piperidine rings is 1. The van der Waals surface area contributed by atoms with Crippen molar-refractivity contribution in [3.63, 3.8) is 0 Å². The Labute approximate surface area is 88.4 Å². The molecule has 2 N–H and O–H groups in total. The fourth-order valence-electron chi connectivity index (χ4n) is 2.14. The number of nitrogens with one attached hydrogen (secondary N) is 1. The molecule has 2 rings (SSSR count). The highest BCUT2D eigenvalue weighted by atomic mass is 16.3. The molecule has 2 heterocycles. The highest BCUT2D eigenvalue weighted by molar-refractivity contribution is 5.83. The fourth-order valence-corrected chi connectivity index (χ4v) is 2.14. The molecule has 2 aliphatic rings. The van der Waals surface area contributed by atoms with Crippen molar-refractivity contribution in [1.29, 1.82) is 0 Å². The van der Waals surface area contributed by atoms with Crippen molar-refractivity contribution in [3.8, 4) is 0 Å². The molecular formula is C10H16N2O3. The Bertz CT molecular complexity index is 270. The van der Waals surface area contributed by atoms with Gasteiger partial charge in [-0.25, -0.2) is 0 Å². The summed E-state index contributed by atoms with van der Waals surface area (Å²) in [6.45, 7) is 1.54. The van der Waals surface area contributed by atoms with E-state index in [2.05, 4.69) is 5.32 Å². The van der Waals surface area contributed by atoms with Gasteiger partial charge in [-0.3, -0.25) is 9.59 Å². The lowest BCUT2D eigenvalue weighted by molar-refractivity contribution is -0.136. The number of hydrogen-bond donors (Lipinski definition) is 2. The van der Waals surface area contributed by atoms with Gasteiger partial charge in [0, 0.05) is 26.1 Å². The number of carbonyl (C=O) groups is 2. The second kappa shape index (κ2) is 4.18. The van der Waals surface area contributed by atoms with Gasteiger partial charge in [-0.2, -0.15) is 0 Å². The van der Waals surface area contributed by atoms with Crippen LogP contribution in [0.4, 0.5) is 0 Å². The number of likely N-dealkylation sites (tertiary alicyclic amines) is 1. The van der Waals surface area contributed by atoms with E-state index < -0.39 is 0 Å². The summed E-state index contributed by atoms with van der Waals surface area (Å²) in [6.07, 6.45) is 1.38. The van der Waals surface area contributed by atoms with Crippen LogP contribution in [0.15, 0.2) is 0 Å². The van der Waals surface area contributed by atoms with Crippen molar-refractivity contribution in [2.24, 2.45) is 5.92 Å². The maximum atomic E-state index is 11.9. The quantitative estimate of drug-likeness (QED) is 0.592. The Hall–Kier alpha value is -1.10. The molecule has 2 amide bonds. The first-order valence-corrected chi connectivity index (χ1v) is 5.40. The first-order valence-electron chi connectivity index (χ1n) is 5.40. The van der Waals surface area contributed by atoms with E-state index in [0.717, 1.165) is 0 Å². The Morgan fingerprint density at radius 3 is 2.80 bits per heavy atom. The van der Waals surface area contributed by atoms with Gasteiger partial charge in [0.1, 0.15) is 0 Å². The van der Waals surface area contributed by atoms with Gasteiger partial charge in [-0.15, -0.1) is 0 Å². The smallest absolute Gasteiger partial charge is 0.227 e. The zero-order chi connectivity index (χ0) is 10.8. The van der Waals surface area contributed by atoms with E-state index in [4.69, 9.17) is 0 Å². The van der Waals surface area contributed by atoms with Crippen LogP contribution in [0.5, 0.6) is 0 Å². The normalized spacial score (nSPS) is 31.5. The van der Waals surface area contributed by atoms with Gasteiger partial charge in [-0.05, 0) is 12.8 Å². The van der Waals surface area contributed by atoms with Crippen LogP contribution in [0, 0.1) is 5.92 Å². The summed E-state index contributed by atoms with van der Waals surface area (Å²) in [5.41, 5.74) is 0. The van der Waals surface area contributed by atoms with Gasteiger partial charge in [0.2, 0.25) is 11.8 Å². The molecule has 5 heteroatoms. The summed E-state index contributed by atoms with van der Waals surface area (Å²) in [7, 11) is 0. The van der Waals surface area contributed by atoms with Crippen molar-refractivity contribution in [3.05, 3.63) is 0 Å². The number of rotatable bonds is 1. The molecule has 0 aromatic rings. The molecule has 0 bridgehead atoms. The molecule has 2 unspecified atom stereocenters. The molecule has 0 aromatic carbocycles. The first kappa shape index (κ1) is 10.4. The van der Waals surface area contributed by atoms with Crippen molar-refractivity contribution in [2.45, 2.75) is 25.4 Å². The van der Waals surface area contributed by atoms with Gasteiger partial charge in [-0.1, -0.05) is 0 Å². The lowest BCUT2D eigenvalue weighted by atomic mass is 9.98. The standard InChI is InChI=1S/C10H16N2O3/c13-8-3-4-12(6-8)10(15)7-1-2-9(14)11-5-7/h7-8,13H,1-6H2,(H,11,14). The lowest BCUT2D eigenvalue weighted by Gasteiger charge is -2.26. The van der Waals surface area contributed by atoms with E-state index in [1.807, 2.05) is 0 Å². The topological polar surface area (TPSA) is 69.6 Å². The summed E-state index contributed by atoms with van der Waals surface area (Å²) in [5.74, 6) is 0.0139. The van der Waals surface area contributed by atoms with Gasteiger partial charge in [0.25, 0.3) is 0 Å². The summed E-state index contributed by atoms with van der Waals surface area (Å²) in [5, 5.41) is 12.0. The number of amides is 2. The van der Waals surface area contributed by atoms with Gasteiger partial charge in [0.15, 0.2) is 0 Å². The summed E-state index contributed by atoms with van der Waals surface area (Å²) in [4.78, 5) is 24.5. The molecule has 5 nitrogen and oxygen atoms in total. The van der Waals surface area contributed by atoms with Gasteiger partial charge in [0.05, 0.1) is 12.0 Å². The zero-order valence-corrected chi connectivity index (χ0v) is 8.61. The zero-order valence-electron chi connectivity index (χ0n) is 8.61. The van der Waals surface area contributed by atoms with Gasteiger partial charge < -0.3 is 15.3 Å². The Morgan fingerprint density at radius 2 is 2.27 bits per heavy atom. The minimum atomic E-state index is -0.368. The van der Waals surface area contributed by atoms with Crippen molar-refractivity contribution in [1.82, 2.24) is 10.2 Å². The number of β-amino-alcohol motifs (C(OH)–C–C–N with tert-alkyl or cyclic N) is 1. The molecule has 0 aromatic heterocycles. The monoisotopic (exact) mass is 212 g/mol. The SMILES string of the molecule is O=C1CCC(C(=O)N2CCC(O)C2)CN1. The fraction of sp³-hybridized carbons (Fsp3) is 0.800. The predicted molar refractivity (Wildman–Crippen MR) is 52.9 cm³/mol. The first-order chi connectivity index (χ1) is 7.16. The molecule has 15 heavy (non-hydrogen) atoms. The lowest BCUT2D eigenvalue weighted by Crippen LogP contribution is -2.44. The molecular weight excluding hydrogens is 196 g/mol. The second-order valence-corrected chi connectivity index (χ2v) is 4.27. The molecule has 2 saturated heterocycles.